The third-order valence-corrected chi connectivity index (χ3v) is 2.36. The number of rotatable bonds is 2. The average Bonchev–Trinajstić information content (AvgIpc) is 2.66. The number of nitrogens with zero attached hydrogens (tertiary/aromatic N) is 3. The van der Waals surface area contributed by atoms with Gasteiger partial charge in [-0.1, -0.05) is 25.4 Å². The number of nitrogens with one attached hydrogen (secondary N) is 1. The minimum atomic E-state index is -0.262. The molecule has 1 N–H and O–H groups in total. The van der Waals surface area contributed by atoms with Crippen LogP contribution in [-0.4, -0.2) is 20.0 Å². The van der Waals surface area contributed by atoms with Gasteiger partial charge in [0.05, 0.1) is 5.69 Å². The molecule has 2 rings (SSSR count). The number of aromatic amines is 1. The lowest BCUT2D eigenvalue weighted by atomic mass is 10.1. The largest absolute Gasteiger partial charge is 0.286 e. The molecule has 0 unspecified atom stereocenters. The fourth-order valence-corrected chi connectivity index (χ4v) is 1.44. The molecular formula is C10H11ClN4O. The molecule has 0 saturated heterocycles. The van der Waals surface area contributed by atoms with Gasteiger partial charge >= 0.3 is 0 Å². The Balaban J connectivity index is 2.47. The number of hydrogen-bond donors (Lipinski definition) is 1. The van der Waals surface area contributed by atoms with Crippen molar-refractivity contribution in [2.75, 3.05) is 0 Å². The van der Waals surface area contributed by atoms with E-state index in [0.717, 1.165) is 5.69 Å². The molecule has 84 valence electrons. The molecule has 0 spiro atoms. The van der Waals surface area contributed by atoms with Crippen LogP contribution in [0.25, 0.3) is 5.82 Å². The first-order chi connectivity index (χ1) is 7.58. The van der Waals surface area contributed by atoms with Gasteiger partial charge in [0.25, 0.3) is 0 Å². The first-order valence-electron chi connectivity index (χ1n) is 4.89. The first kappa shape index (κ1) is 10.9. The smallest absolute Gasteiger partial charge is 0.227 e. The molecule has 0 aromatic carbocycles. The lowest BCUT2D eigenvalue weighted by Gasteiger charge is -2.00. The van der Waals surface area contributed by atoms with E-state index in [1.165, 1.54) is 10.7 Å². The second-order valence-corrected chi connectivity index (χ2v) is 4.15. The van der Waals surface area contributed by atoms with Crippen molar-refractivity contribution in [3.8, 4) is 5.82 Å². The van der Waals surface area contributed by atoms with Crippen molar-refractivity contribution in [2.24, 2.45) is 0 Å². The standard InChI is InChI=1S/C10H11ClN4O/c1-6(2)7-3-4-15(14-7)10-8(16)5-9(11)12-13-10/h3-6H,1-2H3,(H,12,16). The summed E-state index contributed by atoms with van der Waals surface area (Å²) in [7, 11) is 0. The second-order valence-electron chi connectivity index (χ2n) is 3.74. The maximum atomic E-state index is 11.6. The molecule has 0 radical (unpaired) electrons. The van der Waals surface area contributed by atoms with Crippen molar-refractivity contribution in [3.63, 3.8) is 0 Å². The van der Waals surface area contributed by atoms with Crippen LogP contribution in [0.3, 0.4) is 0 Å². The average molecular weight is 239 g/mol. The van der Waals surface area contributed by atoms with Gasteiger partial charge in [-0.25, -0.2) is 4.68 Å². The normalized spacial score (nSPS) is 11.0. The molecule has 0 amide bonds. The molecule has 0 fully saturated rings. The second kappa shape index (κ2) is 4.09. The Labute approximate surface area is 97.1 Å². The molecular weight excluding hydrogens is 228 g/mol. The third-order valence-electron chi connectivity index (χ3n) is 2.17. The summed E-state index contributed by atoms with van der Waals surface area (Å²) in [6.45, 7) is 4.07. The summed E-state index contributed by atoms with van der Waals surface area (Å²) in [6.07, 6.45) is 1.71. The van der Waals surface area contributed by atoms with Crippen molar-refractivity contribution < 1.29 is 0 Å². The molecule has 6 heteroatoms. The summed E-state index contributed by atoms with van der Waals surface area (Å²) in [5.41, 5.74) is 0.651. The van der Waals surface area contributed by atoms with Crippen molar-refractivity contribution >= 4 is 11.6 Å². The Morgan fingerprint density at radius 3 is 2.81 bits per heavy atom. The van der Waals surface area contributed by atoms with Gasteiger partial charge in [-0.3, -0.25) is 9.89 Å². The topological polar surface area (TPSA) is 63.6 Å². The lowest BCUT2D eigenvalue weighted by molar-refractivity contribution is 0.743. The van der Waals surface area contributed by atoms with Crippen molar-refractivity contribution in [1.82, 2.24) is 20.0 Å². The van der Waals surface area contributed by atoms with Crippen LogP contribution in [0.15, 0.2) is 23.1 Å². The van der Waals surface area contributed by atoms with E-state index in [1.54, 1.807) is 6.20 Å². The minimum Gasteiger partial charge on any atom is -0.286 e. The summed E-state index contributed by atoms with van der Waals surface area (Å²) in [6, 6.07) is 3.14. The third kappa shape index (κ3) is 1.99. The van der Waals surface area contributed by atoms with E-state index >= 15 is 0 Å². The van der Waals surface area contributed by atoms with Crippen molar-refractivity contribution in [2.45, 2.75) is 19.8 Å². The predicted octanol–water partition coefficient (Wildman–Crippen LogP) is 1.73. The van der Waals surface area contributed by atoms with Gasteiger partial charge < -0.3 is 0 Å². The Bertz CT molecular complexity index is 558. The zero-order valence-corrected chi connectivity index (χ0v) is 9.69. The highest BCUT2D eigenvalue weighted by molar-refractivity contribution is 6.29. The molecule has 0 bridgehead atoms. The highest BCUT2D eigenvalue weighted by Crippen LogP contribution is 2.11. The Morgan fingerprint density at radius 2 is 2.25 bits per heavy atom. The van der Waals surface area contributed by atoms with Gasteiger partial charge in [0.15, 0.2) is 0 Å². The fourth-order valence-electron chi connectivity index (χ4n) is 1.30. The molecule has 2 heterocycles. The number of hydrogen-bond acceptors (Lipinski definition) is 3. The Kier molecular flexibility index (Phi) is 2.78. The molecule has 16 heavy (non-hydrogen) atoms. The van der Waals surface area contributed by atoms with Gasteiger partial charge in [0.2, 0.25) is 11.2 Å². The van der Waals surface area contributed by atoms with Crippen LogP contribution in [0.5, 0.6) is 0 Å². The Morgan fingerprint density at radius 1 is 1.50 bits per heavy atom. The predicted molar refractivity (Wildman–Crippen MR) is 61.1 cm³/mol. The van der Waals surface area contributed by atoms with Crippen LogP contribution in [0.2, 0.25) is 5.15 Å². The van der Waals surface area contributed by atoms with E-state index in [9.17, 15) is 4.79 Å². The Hall–Kier alpha value is -1.62. The lowest BCUT2D eigenvalue weighted by Crippen LogP contribution is -2.15. The quantitative estimate of drug-likeness (QED) is 0.867. The highest BCUT2D eigenvalue weighted by Gasteiger charge is 2.08. The highest BCUT2D eigenvalue weighted by atomic mass is 35.5. The maximum Gasteiger partial charge on any atom is 0.227 e. The van der Waals surface area contributed by atoms with Gasteiger partial charge in [0, 0.05) is 12.3 Å². The summed E-state index contributed by atoms with van der Waals surface area (Å²) < 4.78 is 1.45. The van der Waals surface area contributed by atoms with E-state index in [1.807, 2.05) is 19.9 Å². The van der Waals surface area contributed by atoms with Gasteiger partial charge in [-0.2, -0.15) is 10.2 Å². The zero-order chi connectivity index (χ0) is 11.7. The van der Waals surface area contributed by atoms with Gasteiger partial charge in [-0.15, -0.1) is 0 Å². The first-order valence-corrected chi connectivity index (χ1v) is 5.27. The van der Waals surface area contributed by atoms with E-state index in [4.69, 9.17) is 11.6 Å². The van der Waals surface area contributed by atoms with Crippen molar-refractivity contribution in [1.29, 1.82) is 0 Å². The molecule has 0 saturated carbocycles. The number of halogens is 1. The van der Waals surface area contributed by atoms with Crippen LogP contribution in [-0.2, 0) is 0 Å². The SMILES string of the molecule is CC(C)c1ccn(-c2n[nH]c(Cl)cc2=O)n1. The van der Waals surface area contributed by atoms with Gasteiger partial charge in [0.1, 0.15) is 5.15 Å². The summed E-state index contributed by atoms with van der Waals surface area (Å²) >= 11 is 5.61. The van der Waals surface area contributed by atoms with Crippen LogP contribution in [0, 0.1) is 0 Å². The number of aromatic nitrogens is 4. The van der Waals surface area contributed by atoms with Crippen LogP contribution in [0.4, 0.5) is 0 Å². The molecule has 2 aromatic heterocycles. The molecule has 0 aliphatic rings. The van der Waals surface area contributed by atoms with Gasteiger partial charge in [-0.05, 0) is 12.0 Å². The van der Waals surface area contributed by atoms with Crippen LogP contribution >= 0.6 is 11.6 Å². The van der Waals surface area contributed by atoms with E-state index < -0.39 is 0 Å². The van der Waals surface area contributed by atoms with Crippen molar-refractivity contribution in [3.05, 3.63) is 39.4 Å². The minimum absolute atomic E-state index is 0.213. The fraction of sp³-hybridized carbons (Fsp3) is 0.300. The molecule has 0 aliphatic heterocycles. The van der Waals surface area contributed by atoms with E-state index in [-0.39, 0.29) is 16.4 Å². The molecule has 0 aliphatic carbocycles. The van der Waals surface area contributed by atoms with Crippen LogP contribution in [0.1, 0.15) is 25.5 Å². The maximum absolute atomic E-state index is 11.6. The summed E-state index contributed by atoms with van der Waals surface area (Å²) in [5.74, 6) is 0.531. The summed E-state index contributed by atoms with van der Waals surface area (Å²) in [4.78, 5) is 11.6. The van der Waals surface area contributed by atoms with E-state index in [0.29, 0.717) is 5.92 Å². The number of H-pyrrole nitrogens is 1. The van der Waals surface area contributed by atoms with E-state index in [2.05, 4.69) is 15.3 Å². The van der Waals surface area contributed by atoms with Crippen LogP contribution < -0.4 is 5.43 Å². The molecule has 2 aromatic rings. The monoisotopic (exact) mass is 238 g/mol. The molecule has 0 atom stereocenters. The summed E-state index contributed by atoms with van der Waals surface area (Å²) in [5, 5.41) is 10.9. The zero-order valence-electron chi connectivity index (χ0n) is 8.94. The molecule has 5 nitrogen and oxygen atoms in total.